The van der Waals surface area contributed by atoms with Crippen LogP contribution in [0, 0.1) is 18.6 Å². The molecule has 2 rings (SSSR count). The molecule has 1 aromatic carbocycles. The van der Waals surface area contributed by atoms with E-state index in [0.29, 0.717) is 17.2 Å². The van der Waals surface area contributed by atoms with Gasteiger partial charge >= 0.3 is 0 Å². The molecule has 2 aromatic rings. The van der Waals surface area contributed by atoms with Gasteiger partial charge in [0.2, 0.25) is 0 Å². The van der Waals surface area contributed by atoms with Crippen molar-refractivity contribution in [3.8, 4) is 0 Å². The van der Waals surface area contributed by atoms with Gasteiger partial charge in [0.25, 0.3) is 0 Å². The van der Waals surface area contributed by atoms with Gasteiger partial charge in [-0.25, -0.2) is 18.7 Å². The smallest absolute Gasteiger partial charge is 0.134 e. The van der Waals surface area contributed by atoms with Crippen molar-refractivity contribution in [3.05, 3.63) is 47.3 Å². The van der Waals surface area contributed by atoms with Crippen molar-refractivity contribution in [1.82, 2.24) is 9.97 Å². The predicted octanol–water partition coefficient (Wildman–Crippen LogP) is 2.72. The quantitative estimate of drug-likeness (QED) is 0.891. The normalized spacial score (nSPS) is 10.3. The minimum atomic E-state index is -0.586. The molecule has 1 heterocycles. The number of nitrogens with zero attached hydrogens (tertiary/aromatic N) is 2. The van der Waals surface area contributed by atoms with Crippen LogP contribution in [0.2, 0.25) is 0 Å². The molecule has 0 aliphatic heterocycles. The van der Waals surface area contributed by atoms with Crippen molar-refractivity contribution < 1.29 is 8.78 Å². The highest BCUT2D eigenvalue weighted by molar-refractivity contribution is 5.56. The lowest BCUT2D eigenvalue weighted by molar-refractivity contribution is 0.574. The molecule has 0 atom stereocenters. The summed E-state index contributed by atoms with van der Waals surface area (Å²) in [7, 11) is 1.76. The molecule has 0 saturated heterocycles. The van der Waals surface area contributed by atoms with Crippen LogP contribution in [0.25, 0.3) is 0 Å². The van der Waals surface area contributed by atoms with E-state index in [2.05, 4.69) is 20.6 Å². The molecule has 1 aromatic heterocycles. The molecule has 6 heteroatoms. The van der Waals surface area contributed by atoms with Gasteiger partial charge in [-0.05, 0) is 13.0 Å². The molecule has 0 spiro atoms. The number of benzene rings is 1. The maximum absolute atomic E-state index is 13.5. The van der Waals surface area contributed by atoms with Gasteiger partial charge in [-0.1, -0.05) is 6.07 Å². The summed E-state index contributed by atoms with van der Waals surface area (Å²) in [6, 6.07) is 3.50. The van der Waals surface area contributed by atoms with Gasteiger partial charge in [0.15, 0.2) is 0 Å². The third-order valence-electron chi connectivity index (χ3n) is 2.78. The van der Waals surface area contributed by atoms with Gasteiger partial charge in [-0.2, -0.15) is 0 Å². The lowest BCUT2D eigenvalue weighted by atomic mass is 10.2. The fraction of sp³-hybridized carbons (Fsp3) is 0.231. The Kier molecular flexibility index (Phi) is 3.89. The van der Waals surface area contributed by atoms with Crippen molar-refractivity contribution in [2.45, 2.75) is 13.5 Å². The monoisotopic (exact) mass is 264 g/mol. The van der Waals surface area contributed by atoms with Gasteiger partial charge in [-0.3, -0.25) is 0 Å². The van der Waals surface area contributed by atoms with E-state index in [0.717, 1.165) is 11.6 Å². The molecule has 19 heavy (non-hydrogen) atoms. The number of halogens is 2. The topological polar surface area (TPSA) is 49.8 Å². The van der Waals surface area contributed by atoms with Crippen LogP contribution in [0.4, 0.5) is 20.4 Å². The summed E-state index contributed by atoms with van der Waals surface area (Å²) in [6.45, 7) is 2.09. The minimum absolute atomic E-state index is 0.229. The number of anilines is 2. The van der Waals surface area contributed by atoms with E-state index in [-0.39, 0.29) is 6.54 Å². The molecule has 2 N–H and O–H groups in total. The first-order valence-corrected chi connectivity index (χ1v) is 5.79. The molecule has 0 bridgehead atoms. The zero-order valence-electron chi connectivity index (χ0n) is 10.7. The van der Waals surface area contributed by atoms with Gasteiger partial charge in [0.1, 0.15) is 29.6 Å². The number of hydrogen-bond donors (Lipinski definition) is 2. The Morgan fingerprint density at radius 1 is 1.16 bits per heavy atom. The second-order valence-electron chi connectivity index (χ2n) is 4.04. The lowest BCUT2D eigenvalue weighted by Gasteiger charge is -2.11. The van der Waals surface area contributed by atoms with E-state index >= 15 is 0 Å². The van der Waals surface area contributed by atoms with E-state index in [1.807, 2.05) is 6.92 Å². The van der Waals surface area contributed by atoms with Crippen molar-refractivity contribution in [1.29, 1.82) is 0 Å². The van der Waals surface area contributed by atoms with Crippen LogP contribution in [0.15, 0.2) is 24.5 Å². The van der Waals surface area contributed by atoms with E-state index in [9.17, 15) is 8.78 Å². The number of aromatic nitrogens is 2. The van der Waals surface area contributed by atoms with Gasteiger partial charge in [-0.15, -0.1) is 0 Å². The summed E-state index contributed by atoms with van der Waals surface area (Å²) in [5.41, 5.74) is 1.22. The van der Waals surface area contributed by atoms with Crippen LogP contribution < -0.4 is 10.6 Å². The average Bonchev–Trinajstić information content (AvgIpc) is 2.39. The molecule has 100 valence electrons. The molecule has 0 radical (unpaired) electrons. The molecule has 0 aliphatic rings. The van der Waals surface area contributed by atoms with Crippen LogP contribution in [-0.4, -0.2) is 17.0 Å². The van der Waals surface area contributed by atoms with Crippen LogP contribution in [0.1, 0.15) is 11.1 Å². The SMILES string of the molecule is CNc1ncnc(NCc2ccc(F)cc2F)c1C. The van der Waals surface area contributed by atoms with E-state index < -0.39 is 11.6 Å². The second kappa shape index (κ2) is 5.60. The highest BCUT2D eigenvalue weighted by Gasteiger charge is 2.07. The predicted molar refractivity (Wildman–Crippen MR) is 70.0 cm³/mol. The highest BCUT2D eigenvalue weighted by Crippen LogP contribution is 2.19. The fourth-order valence-electron chi connectivity index (χ4n) is 1.72. The van der Waals surface area contributed by atoms with Crippen molar-refractivity contribution in [2.24, 2.45) is 0 Å². The molecule has 4 nitrogen and oxygen atoms in total. The third-order valence-corrected chi connectivity index (χ3v) is 2.78. The number of hydrogen-bond acceptors (Lipinski definition) is 4. The molecular formula is C13H14F2N4. The maximum atomic E-state index is 13.5. The Morgan fingerprint density at radius 2 is 1.89 bits per heavy atom. The van der Waals surface area contributed by atoms with Crippen LogP contribution in [-0.2, 0) is 6.54 Å². The summed E-state index contributed by atoms with van der Waals surface area (Å²) in [5, 5.41) is 5.95. The van der Waals surface area contributed by atoms with Crippen LogP contribution in [0.3, 0.4) is 0 Å². The Labute approximate surface area is 109 Å². The first kappa shape index (κ1) is 13.2. The Morgan fingerprint density at radius 3 is 2.58 bits per heavy atom. The average molecular weight is 264 g/mol. The number of rotatable bonds is 4. The van der Waals surface area contributed by atoms with E-state index in [4.69, 9.17) is 0 Å². The number of nitrogens with one attached hydrogen (secondary N) is 2. The Bertz CT molecular complexity index is 587. The molecule has 0 unspecified atom stereocenters. The largest absolute Gasteiger partial charge is 0.373 e. The Balaban J connectivity index is 2.14. The summed E-state index contributed by atoms with van der Waals surface area (Å²) < 4.78 is 26.3. The van der Waals surface area contributed by atoms with E-state index in [1.165, 1.54) is 18.5 Å². The molecule has 0 amide bonds. The minimum Gasteiger partial charge on any atom is -0.373 e. The van der Waals surface area contributed by atoms with E-state index in [1.54, 1.807) is 7.05 Å². The Hall–Kier alpha value is -2.24. The molecule has 0 fully saturated rings. The summed E-state index contributed by atoms with van der Waals surface area (Å²) in [6.07, 6.45) is 1.42. The summed E-state index contributed by atoms with van der Waals surface area (Å²) in [5.74, 6) is 0.158. The summed E-state index contributed by atoms with van der Waals surface area (Å²) >= 11 is 0. The van der Waals surface area contributed by atoms with Gasteiger partial charge < -0.3 is 10.6 Å². The first-order chi connectivity index (χ1) is 9.11. The maximum Gasteiger partial charge on any atom is 0.134 e. The molecule has 0 saturated carbocycles. The van der Waals surface area contributed by atoms with Gasteiger partial charge in [0, 0.05) is 30.8 Å². The third kappa shape index (κ3) is 2.96. The van der Waals surface area contributed by atoms with Crippen LogP contribution in [0.5, 0.6) is 0 Å². The highest BCUT2D eigenvalue weighted by atomic mass is 19.1. The second-order valence-corrected chi connectivity index (χ2v) is 4.04. The zero-order chi connectivity index (χ0) is 13.8. The fourth-order valence-corrected chi connectivity index (χ4v) is 1.72. The zero-order valence-corrected chi connectivity index (χ0v) is 10.7. The summed E-state index contributed by atoms with van der Waals surface area (Å²) in [4.78, 5) is 8.15. The van der Waals surface area contributed by atoms with Crippen LogP contribution >= 0.6 is 0 Å². The van der Waals surface area contributed by atoms with Crippen molar-refractivity contribution in [3.63, 3.8) is 0 Å². The van der Waals surface area contributed by atoms with Crippen molar-refractivity contribution in [2.75, 3.05) is 17.7 Å². The first-order valence-electron chi connectivity index (χ1n) is 5.79. The standard InChI is InChI=1S/C13H14F2N4/c1-8-12(16-2)18-7-19-13(8)17-6-9-3-4-10(14)5-11(9)15/h3-5,7H,6H2,1-2H3,(H2,16,17,18,19). The molecular weight excluding hydrogens is 250 g/mol. The van der Waals surface area contributed by atoms with Gasteiger partial charge in [0.05, 0.1) is 0 Å². The lowest BCUT2D eigenvalue weighted by Crippen LogP contribution is -2.07. The molecule has 0 aliphatic carbocycles. The van der Waals surface area contributed by atoms with Crippen molar-refractivity contribution >= 4 is 11.6 Å².